The fourth-order valence-electron chi connectivity index (χ4n) is 3.21. The molecule has 1 fully saturated rings. The number of aryl methyl sites for hydroxylation is 1. The Kier molecular flexibility index (Phi) is 5.31. The molecule has 5 nitrogen and oxygen atoms in total. The van der Waals surface area contributed by atoms with Gasteiger partial charge in [0, 0.05) is 31.5 Å². The predicted molar refractivity (Wildman–Crippen MR) is 101 cm³/mol. The Bertz CT molecular complexity index is 738. The van der Waals surface area contributed by atoms with E-state index in [1.807, 2.05) is 38.1 Å². The lowest BCUT2D eigenvalue weighted by molar-refractivity contribution is 0.0983. The molecule has 0 N–H and O–H groups in total. The molecule has 25 heavy (non-hydrogen) atoms. The van der Waals surface area contributed by atoms with Crippen molar-refractivity contribution in [3.63, 3.8) is 0 Å². The second-order valence-corrected chi connectivity index (χ2v) is 6.80. The molecule has 1 amide bonds. The average Bonchev–Trinajstić information content (AvgIpc) is 2.63. The van der Waals surface area contributed by atoms with Crippen molar-refractivity contribution in [1.82, 2.24) is 9.97 Å². The van der Waals surface area contributed by atoms with E-state index in [1.54, 1.807) is 17.2 Å². The molecule has 5 heteroatoms. The SMILES string of the molecule is CCN(C(=O)c1ccnc(N2CCC(C)CC2)n1)c1cccc(C)c1. The largest absolute Gasteiger partial charge is 0.341 e. The monoisotopic (exact) mass is 338 g/mol. The zero-order valence-corrected chi connectivity index (χ0v) is 15.3. The highest BCUT2D eigenvalue weighted by molar-refractivity contribution is 6.04. The molecular formula is C20H26N4O. The minimum atomic E-state index is -0.0814. The third-order valence-electron chi connectivity index (χ3n) is 4.80. The second-order valence-electron chi connectivity index (χ2n) is 6.80. The Morgan fingerprint density at radius 3 is 2.72 bits per heavy atom. The first kappa shape index (κ1) is 17.4. The molecule has 1 aromatic carbocycles. The van der Waals surface area contributed by atoms with E-state index in [0.29, 0.717) is 18.2 Å². The van der Waals surface area contributed by atoms with Crippen molar-refractivity contribution in [2.24, 2.45) is 5.92 Å². The van der Waals surface area contributed by atoms with Gasteiger partial charge in [0.1, 0.15) is 5.69 Å². The number of hydrogen-bond acceptors (Lipinski definition) is 4. The maximum Gasteiger partial charge on any atom is 0.277 e. The summed E-state index contributed by atoms with van der Waals surface area (Å²) in [4.78, 5) is 25.9. The molecule has 1 aliphatic heterocycles. The quantitative estimate of drug-likeness (QED) is 0.853. The van der Waals surface area contributed by atoms with Crippen molar-refractivity contribution in [3.05, 3.63) is 47.8 Å². The van der Waals surface area contributed by atoms with Crippen LogP contribution in [0.25, 0.3) is 0 Å². The highest BCUT2D eigenvalue weighted by Crippen LogP contribution is 2.21. The van der Waals surface area contributed by atoms with Gasteiger partial charge in [0.25, 0.3) is 5.91 Å². The van der Waals surface area contributed by atoms with Gasteiger partial charge >= 0.3 is 0 Å². The smallest absolute Gasteiger partial charge is 0.277 e. The Labute approximate surface area is 149 Å². The third-order valence-corrected chi connectivity index (χ3v) is 4.80. The Morgan fingerprint density at radius 2 is 2.04 bits per heavy atom. The zero-order valence-electron chi connectivity index (χ0n) is 15.3. The summed E-state index contributed by atoms with van der Waals surface area (Å²) in [6, 6.07) is 9.69. The predicted octanol–water partition coefficient (Wildman–Crippen LogP) is 3.69. The standard InChI is InChI=1S/C20H26N4O/c1-4-24(17-7-5-6-16(3)14-17)19(25)18-8-11-21-20(22-18)23-12-9-15(2)10-13-23/h5-8,11,14-15H,4,9-10,12-13H2,1-3H3. The first-order valence-corrected chi connectivity index (χ1v) is 9.05. The molecule has 0 spiro atoms. The number of nitrogens with zero attached hydrogens (tertiary/aromatic N) is 4. The van der Waals surface area contributed by atoms with Gasteiger partial charge in [0.05, 0.1) is 0 Å². The fourth-order valence-corrected chi connectivity index (χ4v) is 3.21. The van der Waals surface area contributed by atoms with Crippen LogP contribution < -0.4 is 9.80 Å². The van der Waals surface area contributed by atoms with Gasteiger partial charge in [-0.3, -0.25) is 4.79 Å². The topological polar surface area (TPSA) is 49.3 Å². The van der Waals surface area contributed by atoms with Crippen molar-refractivity contribution < 1.29 is 4.79 Å². The zero-order chi connectivity index (χ0) is 17.8. The van der Waals surface area contributed by atoms with Gasteiger partial charge in [-0.1, -0.05) is 19.1 Å². The minimum absolute atomic E-state index is 0.0814. The van der Waals surface area contributed by atoms with Gasteiger partial charge in [-0.15, -0.1) is 0 Å². The van der Waals surface area contributed by atoms with E-state index in [2.05, 4.69) is 21.8 Å². The van der Waals surface area contributed by atoms with Gasteiger partial charge in [-0.25, -0.2) is 9.97 Å². The summed E-state index contributed by atoms with van der Waals surface area (Å²) in [5.74, 6) is 1.33. The van der Waals surface area contributed by atoms with Crippen LogP contribution in [0, 0.1) is 12.8 Å². The van der Waals surface area contributed by atoms with E-state index in [4.69, 9.17) is 0 Å². The summed E-state index contributed by atoms with van der Waals surface area (Å²) < 4.78 is 0. The van der Waals surface area contributed by atoms with E-state index < -0.39 is 0 Å². The molecule has 1 aliphatic rings. The number of hydrogen-bond donors (Lipinski definition) is 0. The summed E-state index contributed by atoms with van der Waals surface area (Å²) >= 11 is 0. The minimum Gasteiger partial charge on any atom is -0.341 e. The number of anilines is 2. The Balaban J connectivity index is 1.83. The number of amides is 1. The fraction of sp³-hybridized carbons (Fsp3) is 0.450. The molecular weight excluding hydrogens is 312 g/mol. The second kappa shape index (κ2) is 7.64. The third kappa shape index (κ3) is 3.98. The van der Waals surface area contributed by atoms with Crippen LogP contribution in [0.4, 0.5) is 11.6 Å². The van der Waals surface area contributed by atoms with E-state index in [-0.39, 0.29) is 5.91 Å². The molecule has 1 aromatic heterocycles. The first-order valence-electron chi connectivity index (χ1n) is 9.05. The van der Waals surface area contributed by atoms with Crippen LogP contribution in [0.15, 0.2) is 36.5 Å². The molecule has 0 bridgehead atoms. The van der Waals surface area contributed by atoms with E-state index >= 15 is 0 Å². The number of benzene rings is 1. The van der Waals surface area contributed by atoms with Crippen LogP contribution in [0.5, 0.6) is 0 Å². The molecule has 2 heterocycles. The van der Waals surface area contributed by atoms with Crippen molar-refractivity contribution in [2.75, 3.05) is 29.4 Å². The maximum atomic E-state index is 13.0. The number of carbonyl (C=O) groups is 1. The summed E-state index contributed by atoms with van der Waals surface area (Å²) in [6.45, 7) is 8.79. The summed E-state index contributed by atoms with van der Waals surface area (Å²) in [7, 11) is 0. The van der Waals surface area contributed by atoms with Crippen molar-refractivity contribution in [2.45, 2.75) is 33.6 Å². The van der Waals surface area contributed by atoms with E-state index in [9.17, 15) is 4.79 Å². The molecule has 2 aromatic rings. The highest BCUT2D eigenvalue weighted by atomic mass is 16.2. The van der Waals surface area contributed by atoms with Crippen LogP contribution in [0.3, 0.4) is 0 Å². The first-order chi connectivity index (χ1) is 12.1. The van der Waals surface area contributed by atoms with Gasteiger partial charge in [0.2, 0.25) is 5.95 Å². The number of aromatic nitrogens is 2. The molecule has 132 valence electrons. The molecule has 1 saturated heterocycles. The molecule has 0 unspecified atom stereocenters. The van der Waals surface area contributed by atoms with Crippen LogP contribution in [-0.4, -0.2) is 35.5 Å². The number of rotatable bonds is 4. The molecule has 0 radical (unpaired) electrons. The molecule has 0 aliphatic carbocycles. The summed E-state index contributed by atoms with van der Waals surface area (Å²) in [5.41, 5.74) is 2.49. The lowest BCUT2D eigenvalue weighted by Gasteiger charge is -2.30. The molecule has 3 rings (SSSR count). The van der Waals surface area contributed by atoms with Gasteiger partial charge < -0.3 is 9.80 Å². The van der Waals surface area contributed by atoms with Crippen LogP contribution in [0.2, 0.25) is 0 Å². The van der Waals surface area contributed by atoms with Crippen molar-refractivity contribution in [1.29, 1.82) is 0 Å². The lowest BCUT2D eigenvalue weighted by Crippen LogP contribution is -2.35. The average molecular weight is 338 g/mol. The highest BCUT2D eigenvalue weighted by Gasteiger charge is 2.21. The summed E-state index contributed by atoms with van der Waals surface area (Å²) in [5, 5.41) is 0. The van der Waals surface area contributed by atoms with Gasteiger partial charge in [-0.05, 0) is 56.4 Å². The Hall–Kier alpha value is -2.43. The van der Waals surface area contributed by atoms with Gasteiger partial charge in [-0.2, -0.15) is 0 Å². The van der Waals surface area contributed by atoms with Gasteiger partial charge in [0.15, 0.2) is 0 Å². The van der Waals surface area contributed by atoms with E-state index in [0.717, 1.165) is 43.1 Å². The Morgan fingerprint density at radius 1 is 1.28 bits per heavy atom. The van der Waals surface area contributed by atoms with Crippen molar-refractivity contribution in [3.8, 4) is 0 Å². The summed E-state index contributed by atoms with van der Waals surface area (Å²) in [6.07, 6.45) is 3.98. The van der Waals surface area contributed by atoms with Crippen molar-refractivity contribution >= 4 is 17.5 Å². The van der Waals surface area contributed by atoms with Crippen LogP contribution in [0.1, 0.15) is 42.7 Å². The molecule has 0 saturated carbocycles. The van der Waals surface area contributed by atoms with E-state index in [1.165, 1.54) is 0 Å². The van der Waals surface area contributed by atoms with Crippen LogP contribution >= 0.6 is 0 Å². The molecule has 0 atom stereocenters. The normalized spacial score (nSPS) is 15.2. The van der Waals surface area contributed by atoms with Crippen LogP contribution in [-0.2, 0) is 0 Å². The number of piperidine rings is 1. The maximum absolute atomic E-state index is 13.0. The number of carbonyl (C=O) groups excluding carboxylic acids is 1. The lowest BCUT2D eigenvalue weighted by atomic mass is 10.00.